The number of hydrogen-bond acceptors (Lipinski definition) is 3. The first-order valence-corrected chi connectivity index (χ1v) is 7.32. The Kier molecular flexibility index (Phi) is 4.75. The van der Waals surface area contributed by atoms with Crippen LogP contribution in [-0.2, 0) is 18.3 Å². The van der Waals surface area contributed by atoms with Gasteiger partial charge in [0.1, 0.15) is 11.6 Å². The van der Waals surface area contributed by atoms with Crippen molar-refractivity contribution in [3.63, 3.8) is 0 Å². The van der Waals surface area contributed by atoms with Crippen LogP contribution in [0.5, 0.6) is 0 Å². The Morgan fingerprint density at radius 3 is 2.74 bits per heavy atom. The molecule has 0 radical (unpaired) electrons. The summed E-state index contributed by atoms with van der Waals surface area (Å²) in [5, 5.41) is 3.41. The summed E-state index contributed by atoms with van der Waals surface area (Å²) >= 11 is 0. The fourth-order valence-electron chi connectivity index (χ4n) is 3.10. The van der Waals surface area contributed by atoms with Crippen LogP contribution in [0, 0.1) is 0 Å². The van der Waals surface area contributed by atoms with E-state index in [1.54, 1.807) is 6.20 Å². The third kappa shape index (κ3) is 3.66. The fraction of sp³-hybridized carbons (Fsp3) is 0.733. The topological polar surface area (TPSA) is 46.9 Å². The summed E-state index contributed by atoms with van der Waals surface area (Å²) in [5.74, 6) is 1.36. The molecular formula is C15H25N3O. The lowest BCUT2D eigenvalue weighted by Crippen LogP contribution is -2.46. The van der Waals surface area contributed by atoms with Crippen LogP contribution >= 0.6 is 0 Å². The smallest absolute Gasteiger partial charge is 0.135 e. The molecule has 1 aliphatic rings. The molecule has 4 heteroatoms. The number of carbonyl (C=O) groups excluding carboxylic acids is 1. The summed E-state index contributed by atoms with van der Waals surface area (Å²) in [6, 6.07) is 0. The van der Waals surface area contributed by atoms with Crippen LogP contribution in [-0.4, -0.2) is 27.9 Å². The SMILES string of the molecule is CNC1(CC(=O)CCc2nccn2C)CCCCC1. The van der Waals surface area contributed by atoms with Gasteiger partial charge in [-0.1, -0.05) is 19.3 Å². The third-order valence-corrected chi connectivity index (χ3v) is 4.42. The van der Waals surface area contributed by atoms with Gasteiger partial charge >= 0.3 is 0 Å². The number of nitrogens with zero attached hydrogens (tertiary/aromatic N) is 2. The molecule has 0 saturated heterocycles. The lowest BCUT2D eigenvalue weighted by Gasteiger charge is -2.36. The van der Waals surface area contributed by atoms with Crippen LogP contribution in [0.3, 0.4) is 0 Å². The number of hydrogen-bond donors (Lipinski definition) is 1. The predicted molar refractivity (Wildman–Crippen MR) is 76.0 cm³/mol. The Labute approximate surface area is 115 Å². The van der Waals surface area contributed by atoms with Crippen LogP contribution in [0.4, 0.5) is 0 Å². The normalized spacial score (nSPS) is 18.4. The van der Waals surface area contributed by atoms with Gasteiger partial charge in [-0.3, -0.25) is 4.79 Å². The molecule has 1 saturated carbocycles. The van der Waals surface area contributed by atoms with Gasteiger partial charge in [0, 0.05) is 44.2 Å². The van der Waals surface area contributed by atoms with E-state index in [1.165, 1.54) is 19.3 Å². The van der Waals surface area contributed by atoms with Crippen molar-refractivity contribution < 1.29 is 4.79 Å². The highest BCUT2D eigenvalue weighted by Gasteiger charge is 2.32. The summed E-state index contributed by atoms with van der Waals surface area (Å²) in [7, 11) is 3.97. The van der Waals surface area contributed by atoms with Gasteiger partial charge in [0.25, 0.3) is 0 Å². The monoisotopic (exact) mass is 263 g/mol. The molecule has 0 atom stereocenters. The highest BCUT2D eigenvalue weighted by molar-refractivity contribution is 5.79. The number of ketones is 1. The molecular weight excluding hydrogens is 238 g/mol. The van der Waals surface area contributed by atoms with Gasteiger partial charge < -0.3 is 9.88 Å². The summed E-state index contributed by atoms with van der Waals surface area (Å²) in [5.41, 5.74) is 0.0664. The molecule has 0 aliphatic heterocycles. The Bertz CT molecular complexity index is 419. The second kappa shape index (κ2) is 6.33. The van der Waals surface area contributed by atoms with E-state index in [-0.39, 0.29) is 5.54 Å². The maximum absolute atomic E-state index is 12.2. The van der Waals surface area contributed by atoms with Crippen molar-refractivity contribution in [3.05, 3.63) is 18.2 Å². The first kappa shape index (κ1) is 14.3. The Morgan fingerprint density at radius 1 is 1.42 bits per heavy atom. The van der Waals surface area contributed by atoms with Crippen molar-refractivity contribution in [2.75, 3.05) is 7.05 Å². The number of nitrogens with one attached hydrogen (secondary N) is 1. The largest absolute Gasteiger partial charge is 0.338 e. The molecule has 1 aromatic heterocycles. The van der Waals surface area contributed by atoms with Gasteiger partial charge in [0.05, 0.1) is 0 Å². The second-order valence-electron chi connectivity index (χ2n) is 5.76. The first-order valence-electron chi connectivity index (χ1n) is 7.32. The lowest BCUT2D eigenvalue weighted by atomic mass is 9.78. The van der Waals surface area contributed by atoms with E-state index < -0.39 is 0 Å². The molecule has 19 heavy (non-hydrogen) atoms. The molecule has 0 unspecified atom stereocenters. The number of aromatic nitrogens is 2. The van der Waals surface area contributed by atoms with Crippen molar-refractivity contribution >= 4 is 5.78 Å². The van der Waals surface area contributed by atoms with Crippen LogP contribution in [0.25, 0.3) is 0 Å². The van der Waals surface area contributed by atoms with Gasteiger partial charge in [0.2, 0.25) is 0 Å². The number of rotatable bonds is 6. The molecule has 1 N–H and O–H groups in total. The molecule has 0 amide bonds. The van der Waals surface area contributed by atoms with Crippen LogP contribution in [0.1, 0.15) is 50.8 Å². The third-order valence-electron chi connectivity index (χ3n) is 4.42. The minimum Gasteiger partial charge on any atom is -0.338 e. The minimum absolute atomic E-state index is 0.0664. The van der Waals surface area contributed by atoms with E-state index in [9.17, 15) is 4.79 Å². The first-order chi connectivity index (χ1) is 9.15. The summed E-state index contributed by atoms with van der Waals surface area (Å²) in [6.07, 6.45) is 11.8. The van der Waals surface area contributed by atoms with E-state index >= 15 is 0 Å². The van der Waals surface area contributed by atoms with E-state index in [1.807, 2.05) is 24.9 Å². The number of imidazole rings is 1. The van der Waals surface area contributed by atoms with Gasteiger partial charge in [-0.25, -0.2) is 4.98 Å². The number of Topliss-reactive ketones (excluding diaryl/α,β-unsaturated/α-hetero) is 1. The zero-order valence-electron chi connectivity index (χ0n) is 12.1. The lowest BCUT2D eigenvalue weighted by molar-refractivity contribution is -0.120. The maximum Gasteiger partial charge on any atom is 0.135 e. The second-order valence-corrected chi connectivity index (χ2v) is 5.76. The summed E-state index contributed by atoms with van der Waals surface area (Å²) in [6.45, 7) is 0. The number of aryl methyl sites for hydroxylation is 2. The molecule has 1 aliphatic carbocycles. The molecule has 0 aromatic carbocycles. The standard InChI is InChI=1S/C15H25N3O/c1-16-15(8-4-3-5-9-15)12-13(19)6-7-14-17-10-11-18(14)2/h10-11,16H,3-9,12H2,1-2H3. The Hall–Kier alpha value is -1.16. The molecule has 0 spiro atoms. The van der Waals surface area contributed by atoms with Gasteiger partial charge in [-0.2, -0.15) is 0 Å². The molecule has 4 nitrogen and oxygen atoms in total. The van der Waals surface area contributed by atoms with Crippen molar-refractivity contribution in [2.24, 2.45) is 7.05 Å². The van der Waals surface area contributed by atoms with Crippen molar-refractivity contribution in [1.29, 1.82) is 0 Å². The molecule has 1 aromatic rings. The average Bonchev–Trinajstić information content (AvgIpc) is 2.83. The quantitative estimate of drug-likeness (QED) is 0.856. The van der Waals surface area contributed by atoms with E-state index in [2.05, 4.69) is 10.3 Å². The highest BCUT2D eigenvalue weighted by atomic mass is 16.1. The zero-order valence-corrected chi connectivity index (χ0v) is 12.1. The summed E-state index contributed by atoms with van der Waals surface area (Å²) in [4.78, 5) is 16.5. The minimum atomic E-state index is 0.0664. The molecule has 106 valence electrons. The Morgan fingerprint density at radius 2 is 2.16 bits per heavy atom. The van der Waals surface area contributed by atoms with Crippen LogP contribution < -0.4 is 5.32 Å². The maximum atomic E-state index is 12.2. The van der Waals surface area contributed by atoms with Crippen LogP contribution in [0.15, 0.2) is 12.4 Å². The zero-order chi connectivity index (χ0) is 13.7. The number of carbonyl (C=O) groups is 1. The Balaban J connectivity index is 1.84. The van der Waals surface area contributed by atoms with Gasteiger partial charge in [-0.05, 0) is 19.9 Å². The van der Waals surface area contributed by atoms with E-state index in [0.717, 1.165) is 25.1 Å². The molecule has 0 bridgehead atoms. The van der Waals surface area contributed by atoms with Crippen LogP contribution in [0.2, 0.25) is 0 Å². The van der Waals surface area contributed by atoms with Crippen molar-refractivity contribution in [2.45, 2.75) is 56.9 Å². The fourth-order valence-corrected chi connectivity index (χ4v) is 3.10. The molecule has 1 heterocycles. The average molecular weight is 263 g/mol. The highest BCUT2D eigenvalue weighted by Crippen LogP contribution is 2.31. The van der Waals surface area contributed by atoms with Gasteiger partial charge in [-0.15, -0.1) is 0 Å². The van der Waals surface area contributed by atoms with Crippen molar-refractivity contribution in [3.8, 4) is 0 Å². The molecule has 2 rings (SSSR count). The van der Waals surface area contributed by atoms with E-state index in [0.29, 0.717) is 18.6 Å². The molecule has 1 fully saturated rings. The van der Waals surface area contributed by atoms with Gasteiger partial charge in [0.15, 0.2) is 0 Å². The predicted octanol–water partition coefficient (Wildman–Crippen LogP) is 2.23. The van der Waals surface area contributed by atoms with Crippen molar-refractivity contribution in [1.82, 2.24) is 14.9 Å². The van der Waals surface area contributed by atoms with E-state index in [4.69, 9.17) is 0 Å². The summed E-state index contributed by atoms with van der Waals surface area (Å²) < 4.78 is 1.99.